The molecule has 0 aliphatic heterocycles. The van der Waals surface area contributed by atoms with Gasteiger partial charge in [0.15, 0.2) is 0 Å². The zero-order valence-electron chi connectivity index (χ0n) is 54.3. The largest absolute Gasteiger partial charge is 0.125 e. The van der Waals surface area contributed by atoms with E-state index in [9.17, 15) is 0 Å². The van der Waals surface area contributed by atoms with Crippen LogP contribution in [-0.2, 0) is 6.42 Å². The van der Waals surface area contributed by atoms with Gasteiger partial charge >= 0.3 is 0 Å². The van der Waals surface area contributed by atoms with E-state index in [1.165, 1.54) is 415 Å². The molecule has 0 heterocycles. The molecule has 0 unspecified atom stereocenters. The Morgan fingerprint density at radius 2 is 0.359 bits per heavy atom. The molecule has 0 radical (unpaired) electrons. The standard InChI is InChI=1S/C75H144S3/c1-5-9-12-15-18-21-24-27-30-33-36-39-42-45-48-51-54-57-60-63-67-76-73-70-72(66-8-4)71-74(77-68-64-61-58-55-52-49-46-43-40-37-34-31-28-25-22-19-16-13-10-6-2)75(73)78-69-65-62-59-56-53-50-47-44-41-38-35-32-29-26-23-20-17-14-11-7-3/h70-71H,5-69H2,1-4H3. The fourth-order valence-electron chi connectivity index (χ4n) is 12.0. The van der Waals surface area contributed by atoms with Gasteiger partial charge < -0.3 is 0 Å². The van der Waals surface area contributed by atoms with Crippen LogP contribution < -0.4 is 0 Å². The highest BCUT2D eigenvalue weighted by Crippen LogP contribution is 2.41. The van der Waals surface area contributed by atoms with Crippen LogP contribution in [0.4, 0.5) is 0 Å². The normalized spacial score (nSPS) is 11.7. The molecule has 1 aromatic rings. The SMILES string of the molecule is CCCCCCCCCCCCCCCCCCCCCCSc1cc(CCC)cc(SCCCCCCCCCCCCCCCCCCCCCC)c1SCCCCCCCCCCCCCCCCCCCCCC. The first kappa shape index (κ1) is 76.3. The third-order valence-electron chi connectivity index (χ3n) is 17.4. The minimum absolute atomic E-state index is 1.23. The Morgan fingerprint density at radius 3 is 0.538 bits per heavy atom. The molecule has 462 valence electrons. The van der Waals surface area contributed by atoms with E-state index < -0.39 is 0 Å². The molecule has 0 aliphatic carbocycles. The van der Waals surface area contributed by atoms with E-state index in [0.717, 1.165) is 0 Å². The van der Waals surface area contributed by atoms with E-state index in [2.05, 4.69) is 75.1 Å². The number of thioether (sulfide) groups is 3. The third kappa shape index (κ3) is 55.5. The second kappa shape index (κ2) is 66.4. The lowest BCUT2D eigenvalue weighted by molar-refractivity contribution is 0.523. The molecular formula is C75H144S3. The van der Waals surface area contributed by atoms with Crippen molar-refractivity contribution in [3.8, 4) is 0 Å². The number of rotatable bonds is 68. The van der Waals surface area contributed by atoms with Crippen molar-refractivity contribution in [2.45, 2.75) is 440 Å². The van der Waals surface area contributed by atoms with E-state index in [-0.39, 0.29) is 0 Å². The van der Waals surface area contributed by atoms with Gasteiger partial charge in [0.25, 0.3) is 0 Å². The summed E-state index contributed by atoms with van der Waals surface area (Å²) in [6.45, 7) is 9.34. The van der Waals surface area contributed by atoms with Crippen molar-refractivity contribution in [2.75, 3.05) is 17.3 Å². The van der Waals surface area contributed by atoms with Gasteiger partial charge in [0.2, 0.25) is 0 Å². The quantitative estimate of drug-likeness (QED) is 0.0471. The summed E-state index contributed by atoms with van der Waals surface area (Å²) >= 11 is 6.66. The Labute approximate surface area is 507 Å². The van der Waals surface area contributed by atoms with Crippen LogP contribution in [0.25, 0.3) is 0 Å². The zero-order valence-corrected chi connectivity index (χ0v) is 56.8. The van der Waals surface area contributed by atoms with Gasteiger partial charge in [-0.05, 0) is 60.6 Å². The predicted molar refractivity (Wildman–Crippen MR) is 367 cm³/mol. The molecule has 78 heavy (non-hydrogen) atoms. The maximum Gasteiger partial charge on any atom is 0.0344 e. The summed E-state index contributed by atoms with van der Waals surface area (Å²) in [7, 11) is 0. The molecule has 0 saturated carbocycles. The van der Waals surface area contributed by atoms with Crippen LogP contribution >= 0.6 is 35.3 Å². The van der Waals surface area contributed by atoms with Gasteiger partial charge in [0.1, 0.15) is 0 Å². The zero-order chi connectivity index (χ0) is 55.8. The first-order chi connectivity index (χ1) is 38.8. The molecule has 0 aromatic heterocycles. The Morgan fingerprint density at radius 1 is 0.192 bits per heavy atom. The van der Waals surface area contributed by atoms with Gasteiger partial charge in [-0.1, -0.05) is 400 Å². The monoisotopic (exact) mass is 1140 g/mol. The minimum Gasteiger partial charge on any atom is -0.125 e. The van der Waals surface area contributed by atoms with Crippen LogP contribution in [0.5, 0.6) is 0 Å². The Hall–Kier alpha value is 0.270. The van der Waals surface area contributed by atoms with Crippen LogP contribution in [0.3, 0.4) is 0 Å². The first-order valence-electron chi connectivity index (χ1n) is 36.8. The van der Waals surface area contributed by atoms with Crippen LogP contribution in [0.1, 0.15) is 425 Å². The second-order valence-electron chi connectivity index (χ2n) is 25.4. The van der Waals surface area contributed by atoms with Gasteiger partial charge in [-0.15, -0.1) is 35.3 Å². The summed E-state index contributed by atoms with van der Waals surface area (Å²) in [5.41, 5.74) is 1.60. The molecule has 0 saturated heterocycles. The fraction of sp³-hybridized carbons (Fsp3) is 0.920. The Kier molecular flexibility index (Phi) is 64.9. The van der Waals surface area contributed by atoms with Gasteiger partial charge in [0, 0.05) is 14.7 Å². The molecule has 0 fully saturated rings. The Balaban J connectivity index is 2.39. The van der Waals surface area contributed by atoms with E-state index in [4.69, 9.17) is 0 Å². The molecule has 0 spiro atoms. The van der Waals surface area contributed by atoms with Crippen molar-refractivity contribution < 1.29 is 0 Å². The van der Waals surface area contributed by atoms with Crippen molar-refractivity contribution in [1.29, 1.82) is 0 Å². The third-order valence-corrected chi connectivity index (χ3v) is 21.1. The number of hydrogen-bond donors (Lipinski definition) is 0. The van der Waals surface area contributed by atoms with E-state index in [1.807, 2.05) is 0 Å². The summed E-state index contributed by atoms with van der Waals surface area (Å²) in [4.78, 5) is 4.91. The van der Waals surface area contributed by atoms with Crippen LogP contribution in [-0.4, -0.2) is 17.3 Å². The molecule has 3 heteroatoms. The molecule has 0 nitrogen and oxygen atoms in total. The fourth-order valence-corrected chi connectivity index (χ4v) is 15.8. The van der Waals surface area contributed by atoms with Crippen molar-refractivity contribution in [3.63, 3.8) is 0 Å². The molecule has 0 N–H and O–H groups in total. The minimum atomic E-state index is 1.23. The van der Waals surface area contributed by atoms with Gasteiger partial charge in [-0.3, -0.25) is 0 Å². The van der Waals surface area contributed by atoms with E-state index in [0.29, 0.717) is 0 Å². The van der Waals surface area contributed by atoms with Crippen LogP contribution in [0, 0.1) is 0 Å². The smallest absolute Gasteiger partial charge is 0.0344 e. The maximum absolute atomic E-state index is 2.63. The second-order valence-corrected chi connectivity index (χ2v) is 28.7. The topological polar surface area (TPSA) is 0 Å². The molecule has 0 amide bonds. The highest BCUT2D eigenvalue weighted by atomic mass is 32.2. The molecule has 1 rings (SSSR count). The van der Waals surface area contributed by atoms with Gasteiger partial charge in [-0.2, -0.15) is 0 Å². The van der Waals surface area contributed by atoms with Gasteiger partial charge in [-0.25, -0.2) is 0 Å². The average Bonchev–Trinajstić information content (AvgIpc) is 3.48. The van der Waals surface area contributed by atoms with Crippen molar-refractivity contribution >= 4 is 35.3 Å². The summed E-state index contributed by atoms with van der Waals surface area (Å²) in [6.07, 6.45) is 90.0. The lowest BCUT2D eigenvalue weighted by Crippen LogP contribution is -1.94. The maximum atomic E-state index is 2.63. The summed E-state index contributed by atoms with van der Waals surface area (Å²) < 4.78 is 0. The molecular weight excluding hydrogens is 997 g/mol. The molecule has 0 aliphatic rings. The summed E-state index contributed by atoms with van der Waals surface area (Å²) in [5.74, 6) is 3.89. The van der Waals surface area contributed by atoms with Crippen molar-refractivity contribution in [1.82, 2.24) is 0 Å². The Bertz CT molecular complexity index is 1190. The highest BCUT2D eigenvalue weighted by molar-refractivity contribution is 8.03. The average molecular weight is 1140 g/mol. The van der Waals surface area contributed by atoms with Crippen molar-refractivity contribution in [2.24, 2.45) is 0 Å². The molecule has 1 aromatic carbocycles. The summed E-state index contributed by atoms with van der Waals surface area (Å²) in [5, 5.41) is 0. The predicted octanol–water partition coefficient (Wildman–Crippen LogP) is 29.4. The summed E-state index contributed by atoms with van der Waals surface area (Å²) in [6, 6.07) is 5.26. The highest BCUT2D eigenvalue weighted by Gasteiger charge is 2.14. The lowest BCUT2D eigenvalue weighted by atomic mass is 10.0. The number of hydrogen-bond acceptors (Lipinski definition) is 3. The lowest BCUT2D eigenvalue weighted by Gasteiger charge is -2.17. The van der Waals surface area contributed by atoms with Crippen LogP contribution in [0.2, 0.25) is 0 Å². The van der Waals surface area contributed by atoms with Crippen LogP contribution in [0.15, 0.2) is 26.8 Å². The van der Waals surface area contributed by atoms with E-state index in [1.54, 1.807) is 20.2 Å². The number of benzene rings is 1. The number of aryl methyl sites for hydroxylation is 1. The van der Waals surface area contributed by atoms with Gasteiger partial charge in [0.05, 0.1) is 0 Å². The number of unbranched alkanes of at least 4 members (excludes halogenated alkanes) is 57. The molecule has 0 bridgehead atoms. The van der Waals surface area contributed by atoms with Crippen molar-refractivity contribution in [3.05, 3.63) is 17.7 Å². The molecule has 0 atom stereocenters. The first-order valence-corrected chi connectivity index (χ1v) is 39.8. The van der Waals surface area contributed by atoms with E-state index >= 15 is 0 Å².